The summed E-state index contributed by atoms with van der Waals surface area (Å²) in [6, 6.07) is 0. The van der Waals surface area contributed by atoms with E-state index < -0.39 is 228 Å². The van der Waals surface area contributed by atoms with Gasteiger partial charge in [0.15, 0.2) is 0 Å². The van der Waals surface area contributed by atoms with Crippen molar-refractivity contribution in [2.75, 3.05) is 36.2 Å². The molecule has 1 N–H and O–H groups in total. The molecule has 1 aliphatic rings. The lowest BCUT2D eigenvalue weighted by Gasteiger charge is -2.45. The Hall–Kier alpha value is -2.69. The van der Waals surface area contributed by atoms with Crippen LogP contribution in [-0.4, -0.2) is 184 Å². The predicted molar refractivity (Wildman–Crippen MR) is 189 cm³/mol. The average molecular weight is 1520 g/mol. The minimum absolute atomic E-state index is 0.809. The summed E-state index contributed by atoms with van der Waals surface area (Å²) in [5, 5.41) is 0. The van der Waals surface area contributed by atoms with Crippen LogP contribution in [0.15, 0.2) is 0 Å². The largest absolute Gasteiger partial charge is 0.472 e. The molecule has 1 rings (SSSR count). The smallest absolute Gasteiger partial charge is 0.302 e. The molecule has 0 aromatic heterocycles. The minimum Gasteiger partial charge on any atom is -0.302 e. The van der Waals surface area contributed by atoms with Gasteiger partial charge in [-0.05, 0) is 11.5 Å². The first-order valence-corrected chi connectivity index (χ1v) is 24.4. The molecule has 0 saturated carbocycles. The molecule has 57 heteroatoms. The molecule has 1 fully saturated rings. The molecule has 1 aliphatic heterocycles. The van der Waals surface area contributed by atoms with Crippen LogP contribution in [0.3, 0.4) is 0 Å². The third-order valence-corrected chi connectivity index (χ3v) is 15.3. The van der Waals surface area contributed by atoms with Crippen molar-refractivity contribution in [2.24, 2.45) is 5.41 Å². The molecule has 540 valence electrons. The molecule has 0 aliphatic carbocycles. The summed E-state index contributed by atoms with van der Waals surface area (Å²) >= 11 is -1.62. The highest BCUT2D eigenvalue weighted by Crippen LogP contribution is 2.71. The molecule has 0 unspecified atom stereocenters. The number of phosphoric acid groups is 1. The summed E-state index contributed by atoms with van der Waals surface area (Å²) in [5.74, 6) is -214. The molecule has 0 atom stereocenters. The van der Waals surface area contributed by atoms with Crippen molar-refractivity contribution in [3.8, 4) is 0 Å². The average Bonchev–Trinajstić information content (AvgIpc) is 0.693. The monoisotopic (exact) mass is 1520 g/mol. The van der Waals surface area contributed by atoms with E-state index in [0.717, 1.165) is 0 Å². The maximum Gasteiger partial charge on any atom is 0.472 e. The third-order valence-electron chi connectivity index (χ3n) is 11.7. The molecule has 0 radical (unpaired) electrons. The van der Waals surface area contributed by atoms with E-state index in [4.69, 9.17) is 0 Å². The van der Waals surface area contributed by atoms with E-state index >= 15 is 0 Å². The Balaban J connectivity index is 3.61. The molecular weight excluding hydrogens is 1510 g/mol. The van der Waals surface area contributed by atoms with Gasteiger partial charge in [-0.1, -0.05) is 0 Å². The van der Waals surface area contributed by atoms with Crippen LogP contribution in [-0.2, 0) is 13.6 Å². The number of alkyl halides is 50. The quantitative estimate of drug-likeness (QED) is 0.0439. The van der Waals surface area contributed by atoms with Gasteiger partial charge in [0, 0.05) is 29.8 Å². The molecular formula is C33H17F50O4PS2. The molecule has 0 spiro atoms. The highest BCUT2D eigenvalue weighted by molar-refractivity contribution is 8.00. The fourth-order valence-corrected chi connectivity index (χ4v) is 9.56. The first-order valence-electron chi connectivity index (χ1n) is 20.6. The molecule has 0 bridgehead atoms. The summed E-state index contributed by atoms with van der Waals surface area (Å²) < 4.78 is 709. The SMILES string of the molecule is O=P1(O)OCC(CSCCC(F)(F)C(F)(F)C(F)(F)C(F)(F)C(F)(F)C(F)(F)C(F)(F)C(F)(F)C(F)(F)C(F)(F)C(F)(F)C(F)(F)F)(CSCCC(F)(F)C(F)(F)C(F)(F)C(F)(F)C(F)(F)C(F)(F)C(F)(F)C(F)(F)C(F)(F)C(F)(F)C(F)(F)C(F)(F)F)CO1. The summed E-state index contributed by atoms with van der Waals surface area (Å²) in [7, 11) is -5.52. The van der Waals surface area contributed by atoms with Gasteiger partial charge in [-0.25, -0.2) is 4.57 Å². The van der Waals surface area contributed by atoms with E-state index in [-0.39, 0.29) is 0 Å². The van der Waals surface area contributed by atoms with Crippen molar-refractivity contribution in [3.05, 3.63) is 0 Å². The van der Waals surface area contributed by atoms with Crippen LogP contribution in [0.4, 0.5) is 220 Å². The zero-order valence-electron chi connectivity index (χ0n) is 40.0. The third kappa shape index (κ3) is 11.7. The van der Waals surface area contributed by atoms with Gasteiger partial charge in [0.05, 0.1) is 13.2 Å². The van der Waals surface area contributed by atoms with Crippen molar-refractivity contribution in [2.45, 2.75) is 155 Å². The van der Waals surface area contributed by atoms with E-state index in [0.29, 0.717) is 0 Å². The molecule has 1 saturated heterocycles. The number of thioether (sulfide) groups is 2. The lowest BCUT2D eigenvalue weighted by molar-refractivity contribution is -0.482. The van der Waals surface area contributed by atoms with Crippen molar-refractivity contribution in [3.63, 3.8) is 0 Å². The van der Waals surface area contributed by atoms with Crippen molar-refractivity contribution in [1.82, 2.24) is 0 Å². The minimum atomic E-state index is -9.96. The Morgan fingerprint density at radius 1 is 0.267 bits per heavy atom. The number of hydrogen-bond donors (Lipinski definition) is 1. The maximum absolute atomic E-state index is 14.6. The number of rotatable bonds is 30. The Bertz CT molecular complexity index is 2400. The van der Waals surface area contributed by atoms with E-state index in [1.54, 1.807) is 0 Å². The predicted octanol–water partition coefficient (Wildman–Crippen LogP) is 18.5. The highest BCUT2D eigenvalue weighted by Gasteiger charge is 3.02. The van der Waals surface area contributed by atoms with E-state index in [9.17, 15) is 229 Å². The second-order valence-corrected chi connectivity index (χ2v) is 21.7. The lowest BCUT2D eigenvalue weighted by Crippen LogP contribution is -2.78. The Labute approximate surface area is 467 Å². The van der Waals surface area contributed by atoms with Crippen LogP contribution in [0, 0.1) is 5.41 Å². The zero-order valence-corrected chi connectivity index (χ0v) is 42.5. The summed E-state index contributed by atoms with van der Waals surface area (Å²) in [5.41, 5.74) is -2.80. The van der Waals surface area contributed by atoms with Crippen LogP contribution in [0.5, 0.6) is 0 Å². The number of phosphoric ester groups is 1. The van der Waals surface area contributed by atoms with Gasteiger partial charge in [0.2, 0.25) is 0 Å². The van der Waals surface area contributed by atoms with Crippen molar-refractivity contribution in [1.29, 1.82) is 0 Å². The van der Waals surface area contributed by atoms with Crippen LogP contribution in [0.2, 0.25) is 0 Å². The lowest BCUT2D eigenvalue weighted by atomic mass is 9.84. The highest BCUT2D eigenvalue weighted by atomic mass is 32.2. The van der Waals surface area contributed by atoms with Gasteiger partial charge < -0.3 is 4.89 Å². The van der Waals surface area contributed by atoms with Crippen molar-refractivity contribution < 1.29 is 238 Å². The van der Waals surface area contributed by atoms with Gasteiger partial charge >= 0.3 is 150 Å². The first-order chi connectivity index (χ1) is 38.3. The standard InChI is InChI=1S/C33H17F50O4PS2/c34-10(35,12(38,39)14(42,43)16(46,47)18(50,51)20(54,55)22(58,59)24(62,63)26(66,67)28(70,71)30(74,75)32(78,79)80)1-3-89-7-9(5-86-88(84,85)87-6-9)8-90-4-2-11(36,37)13(40,41)15(44,45)17(48,49)19(52,53)21(56,57)23(60,61)25(64,65)27(68,69)29(72,73)31(76,77)33(81,82)83/h1-8H2,(H,84,85). The second-order valence-electron chi connectivity index (χ2n) is 18.0. The van der Waals surface area contributed by atoms with Gasteiger partial charge in [0.1, 0.15) is 0 Å². The summed E-state index contributed by atoms with van der Waals surface area (Å²) in [6.07, 6.45) is -23.8. The van der Waals surface area contributed by atoms with Crippen LogP contribution < -0.4 is 0 Å². The van der Waals surface area contributed by atoms with Gasteiger partial charge in [-0.15, -0.1) is 0 Å². The normalized spacial score (nSPS) is 18.8. The van der Waals surface area contributed by atoms with Crippen LogP contribution in [0.1, 0.15) is 12.8 Å². The molecule has 1 heterocycles. The molecule has 0 aromatic rings. The second kappa shape index (κ2) is 23.0. The zero-order chi connectivity index (χ0) is 73.5. The fraction of sp³-hybridized carbons (Fsp3) is 1.00. The molecule has 90 heavy (non-hydrogen) atoms. The maximum atomic E-state index is 14.6. The Kier molecular flexibility index (Phi) is 21.8. The van der Waals surface area contributed by atoms with Gasteiger partial charge in [-0.3, -0.25) is 9.05 Å². The molecule has 0 amide bonds. The molecule has 0 aromatic carbocycles. The topological polar surface area (TPSA) is 55.8 Å². The van der Waals surface area contributed by atoms with Crippen LogP contribution >= 0.6 is 31.3 Å². The van der Waals surface area contributed by atoms with Gasteiger partial charge in [-0.2, -0.15) is 243 Å². The van der Waals surface area contributed by atoms with Crippen LogP contribution in [0.25, 0.3) is 0 Å². The number of halogens is 50. The van der Waals surface area contributed by atoms with E-state index in [2.05, 4.69) is 9.05 Å². The Morgan fingerprint density at radius 3 is 0.567 bits per heavy atom. The van der Waals surface area contributed by atoms with Crippen molar-refractivity contribution >= 4 is 31.3 Å². The summed E-state index contributed by atoms with van der Waals surface area (Å²) in [6.45, 7) is -3.53. The fourth-order valence-electron chi connectivity index (χ4n) is 5.99. The molecule has 4 nitrogen and oxygen atoms in total. The Morgan fingerprint density at radius 2 is 0.411 bits per heavy atom. The summed E-state index contributed by atoms with van der Waals surface area (Å²) in [4.78, 5) is 9.31. The van der Waals surface area contributed by atoms with E-state index in [1.807, 2.05) is 0 Å². The first kappa shape index (κ1) is 85.3. The number of hydrogen-bond acceptors (Lipinski definition) is 5. The van der Waals surface area contributed by atoms with Gasteiger partial charge in [0.25, 0.3) is 0 Å². The van der Waals surface area contributed by atoms with E-state index in [1.165, 1.54) is 0 Å².